The molecule has 2 nitrogen and oxygen atoms in total. The molecule has 0 aliphatic carbocycles. The van der Waals surface area contributed by atoms with E-state index in [1.807, 2.05) is 0 Å². The number of nitrogens with zero attached hydrogens (tertiary/aromatic N) is 2. The molecule has 2 heterocycles. The van der Waals surface area contributed by atoms with Crippen molar-refractivity contribution in [1.82, 2.24) is 9.38 Å². The van der Waals surface area contributed by atoms with Crippen LogP contribution >= 0.6 is 15.9 Å². The Kier molecular flexibility index (Phi) is 3.38. The van der Waals surface area contributed by atoms with Crippen LogP contribution in [0.3, 0.4) is 0 Å². The van der Waals surface area contributed by atoms with Crippen LogP contribution in [0.5, 0.6) is 0 Å². The number of rotatable bonds is 3. The summed E-state index contributed by atoms with van der Waals surface area (Å²) in [5.74, 6) is 1.11. The summed E-state index contributed by atoms with van der Waals surface area (Å²) in [5, 5.41) is 0. The molecule has 0 spiro atoms. The quantitative estimate of drug-likeness (QED) is 0.708. The Hall–Kier alpha value is -1.61. The first-order chi connectivity index (χ1) is 9.25. The number of benzene rings is 1. The Morgan fingerprint density at radius 3 is 2.58 bits per heavy atom. The largest absolute Gasteiger partial charge is 0.300 e. The van der Waals surface area contributed by atoms with E-state index >= 15 is 0 Å². The monoisotopic (exact) mass is 314 g/mol. The molecule has 2 aromatic heterocycles. The van der Waals surface area contributed by atoms with Crippen LogP contribution in [0.25, 0.3) is 5.52 Å². The van der Waals surface area contributed by atoms with Crippen molar-refractivity contribution in [3.8, 4) is 0 Å². The lowest BCUT2D eigenvalue weighted by atomic mass is 10.1. The number of fused-ring (bicyclic) bond motifs is 1. The highest BCUT2D eigenvalue weighted by atomic mass is 79.9. The first-order valence-corrected chi connectivity index (χ1v) is 7.21. The molecular weight excluding hydrogens is 300 g/mol. The molecule has 0 radical (unpaired) electrons. The number of aromatic nitrogens is 2. The molecule has 19 heavy (non-hydrogen) atoms. The van der Waals surface area contributed by atoms with Gasteiger partial charge in [0.15, 0.2) is 0 Å². The molecule has 0 atom stereocenters. The topological polar surface area (TPSA) is 17.3 Å². The summed E-state index contributed by atoms with van der Waals surface area (Å²) in [6.07, 6.45) is 1.96. The minimum Gasteiger partial charge on any atom is -0.300 e. The van der Waals surface area contributed by atoms with E-state index in [1.165, 1.54) is 11.3 Å². The summed E-state index contributed by atoms with van der Waals surface area (Å²) in [7, 11) is 0. The molecule has 0 saturated heterocycles. The lowest BCUT2D eigenvalue weighted by Crippen LogP contribution is -2.00. The Labute approximate surface area is 121 Å². The fraction of sp³-hybridized carbons (Fsp3) is 0.188. The standard InChI is InChI=1S/C16H15BrN2/c1-12-6-5-9-14-16(17)18-15(19(12)14)11-10-13-7-3-2-4-8-13/h2-9H,10-11H2,1H3. The van der Waals surface area contributed by atoms with E-state index in [0.29, 0.717) is 0 Å². The molecule has 96 valence electrons. The van der Waals surface area contributed by atoms with Crippen molar-refractivity contribution in [3.63, 3.8) is 0 Å². The average molecular weight is 315 g/mol. The van der Waals surface area contributed by atoms with Gasteiger partial charge in [0.25, 0.3) is 0 Å². The fourth-order valence-corrected chi connectivity index (χ4v) is 2.92. The van der Waals surface area contributed by atoms with Crippen LogP contribution in [0.1, 0.15) is 17.1 Å². The highest BCUT2D eigenvalue weighted by molar-refractivity contribution is 9.10. The SMILES string of the molecule is Cc1cccc2c(Br)nc(CCc3ccccc3)n12. The molecule has 0 fully saturated rings. The fourth-order valence-electron chi connectivity index (χ4n) is 2.41. The second-order valence-corrected chi connectivity index (χ2v) is 5.44. The first-order valence-electron chi connectivity index (χ1n) is 6.42. The zero-order valence-electron chi connectivity index (χ0n) is 10.8. The molecule has 1 aromatic carbocycles. The molecule has 0 amide bonds. The minimum atomic E-state index is 0.930. The summed E-state index contributed by atoms with van der Waals surface area (Å²) in [6.45, 7) is 2.12. The normalized spacial score (nSPS) is 11.1. The van der Waals surface area contributed by atoms with Gasteiger partial charge in [0.1, 0.15) is 10.4 Å². The second-order valence-electron chi connectivity index (χ2n) is 4.69. The van der Waals surface area contributed by atoms with Crippen molar-refractivity contribution < 1.29 is 0 Å². The summed E-state index contributed by atoms with van der Waals surface area (Å²) in [4.78, 5) is 4.65. The maximum Gasteiger partial charge on any atom is 0.132 e. The number of halogens is 1. The van der Waals surface area contributed by atoms with Crippen LogP contribution in [-0.4, -0.2) is 9.38 Å². The van der Waals surface area contributed by atoms with E-state index in [1.54, 1.807) is 0 Å². The van der Waals surface area contributed by atoms with Gasteiger partial charge in [-0.1, -0.05) is 36.4 Å². The van der Waals surface area contributed by atoms with Gasteiger partial charge in [0.2, 0.25) is 0 Å². The van der Waals surface area contributed by atoms with Crippen LogP contribution in [0.4, 0.5) is 0 Å². The molecule has 3 heteroatoms. The van der Waals surface area contributed by atoms with Crippen LogP contribution in [-0.2, 0) is 12.8 Å². The second kappa shape index (κ2) is 5.17. The summed E-state index contributed by atoms with van der Waals surface area (Å²) in [5.41, 5.74) is 3.71. The third-order valence-corrected chi connectivity index (χ3v) is 3.95. The predicted molar refractivity (Wildman–Crippen MR) is 81.5 cm³/mol. The number of aryl methyl sites for hydroxylation is 3. The number of hydrogen-bond donors (Lipinski definition) is 0. The number of hydrogen-bond acceptors (Lipinski definition) is 1. The van der Waals surface area contributed by atoms with E-state index in [4.69, 9.17) is 0 Å². The maximum atomic E-state index is 4.65. The van der Waals surface area contributed by atoms with Crippen LogP contribution in [0.2, 0.25) is 0 Å². The zero-order valence-corrected chi connectivity index (χ0v) is 12.4. The molecule has 0 unspecified atom stereocenters. The van der Waals surface area contributed by atoms with Gasteiger partial charge in [-0.25, -0.2) is 4.98 Å². The molecule has 0 N–H and O–H groups in total. The van der Waals surface area contributed by atoms with Crippen LogP contribution in [0.15, 0.2) is 53.1 Å². The van der Waals surface area contributed by atoms with Crippen molar-refractivity contribution in [1.29, 1.82) is 0 Å². The average Bonchev–Trinajstić information content (AvgIpc) is 2.76. The molecule has 0 saturated carbocycles. The third-order valence-electron chi connectivity index (χ3n) is 3.36. The van der Waals surface area contributed by atoms with Gasteiger partial charge >= 0.3 is 0 Å². The van der Waals surface area contributed by atoms with Crippen LogP contribution < -0.4 is 0 Å². The minimum absolute atomic E-state index is 0.930. The van der Waals surface area contributed by atoms with Crippen molar-refractivity contribution in [2.75, 3.05) is 0 Å². The lowest BCUT2D eigenvalue weighted by molar-refractivity contribution is 0.840. The van der Waals surface area contributed by atoms with E-state index in [9.17, 15) is 0 Å². The molecular formula is C16H15BrN2. The van der Waals surface area contributed by atoms with E-state index in [0.717, 1.165) is 28.8 Å². The molecule has 0 bridgehead atoms. The van der Waals surface area contributed by atoms with Gasteiger partial charge in [-0.15, -0.1) is 0 Å². The van der Waals surface area contributed by atoms with Gasteiger partial charge in [-0.3, -0.25) is 4.40 Å². The van der Waals surface area contributed by atoms with Gasteiger partial charge in [0.05, 0.1) is 5.52 Å². The molecule has 3 aromatic rings. The maximum absolute atomic E-state index is 4.65. The summed E-state index contributed by atoms with van der Waals surface area (Å²) >= 11 is 3.55. The van der Waals surface area contributed by atoms with Crippen molar-refractivity contribution in [2.24, 2.45) is 0 Å². The van der Waals surface area contributed by atoms with Crippen molar-refractivity contribution in [3.05, 3.63) is 70.2 Å². The Balaban J connectivity index is 1.93. The van der Waals surface area contributed by atoms with Gasteiger partial charge in [-0.2, -0.15) is 0 Å². The van der Waals surface area contributed by atoms with Gasteiger partial charge in [0, 0.05) is 12.1 Å². The van der Waals surface area contributed by atoms with Crippen LogP contribution in [0, 0.1) is 6.92 Å². The predicted octanol–water partition coefficient (Wildman–Crippen LogP) is 4.19. The first kappa shape index (κ1) is 12.4. The Bertz CT molecular complexity index is 701. The van der Waals surface area contributed by atoms with Gasteiger partial charge in [-0.05, 0) is 47.0 Å². The molecule has 0 aliphatic heterocycles. The summed E-state index contributed by atoms with van der Waals surface area (Å²) < 4.78 is 3.16. The third kappa shape index (κ3) is 2.43. The number of imidazole rings is 1. The van der Waals surface area contributed by atoms with Crippen molar-refractivity contribution in [2.45, 2.75) is 19.8 Å². The molecule has 0 aliphatic rings. The highest BCUT2D eigenvalue weighted by Crippen LogP contribution is 2.21. The summed E-state index contributed by atoms with van der Waals surface area (Å²) in [6, 6.07) is 16.8. The Morgan fingerprint density at radius 1 is 1.00 bits per heavy atom. The highest BCUT2D eigenvalue weighted by Gasteiger charge is 2.10. The van der Waals surface area contributed by atoms with Crippen molar-refractivity contribution >= 4 is 21.4 Å². The van der Waals surface area contributed by atoms with E-state index in [2.05, 4.69) is 80.8 Å². The zero-order chi connectivity index (χ0) is 13.2. The smallest absolute Gasteiger partial charge is 0.132 e. The Morgan fingerprint density at radius 2 is 1.79 bits per heavy atom. The number of pyridine rings is 1. The van der Waals surface area contributed by atoms with E-state index in [-0.39, 0.29) is 0 Å². The van der Waals surface area contributed by atoms with E-state index < -0.39 is 0 Å². The van der Waals surface area contributed by atoms with Gasteiger partial charge < -0.3 is 0 Å². The lowest BCUT2D eigenvalue weighted by Gasteiger charge is -2.05. The molecule has 3 rings (SSSR count).